The predicted octanol–water partition coefficient (Wildman–Crippen LogP) is -0.804. The summed E-state index contributed by atoms with van der Waals surface area (Å²) in [4.78, 5) is 26.7. The summed E-state index contributed by atoms with van der Waals surface area (Å²) < 4.78 is 0. The van der Waals surface area contributed by atoms with Crippen LogP contribution in [0.2, 0.25) is 0 Å². The third-order valence-electron chi connectivity index (χ3n) is 3.67. The predicted molar refractivity (Wildman–Crippen MR) is 65.7 cm³/mol. The largest absolute Gasteiger partial charge is 0.391 e. The molecule has 6 heteroatoms. The van der Waals surface area contributed by atoms with Gasteiger partial charge in [0.25, 0.3) is 0 Å². The van der Waals surface area contributed by atoms with E-state index < -0.39 is 24.0 Å². The van der Waals surface area contributed by atoms with Crippen molar-refractivity contribution in [3.05, 3.63) is 0 Å². The minimum atomic E-state index is -0.678. The van der Waals surface area contributed by atoms with E-state index in [1.165, 1.54) is 9.80 Å². The summed E-state index contributed by atoms with van der Waals surface area (Å²) in [5.41, 5.74) is 0. The van der Waals surface area contributed by atoms with E-state index in [0.717, 1.165) is 0 Å². The van der Waals surface area contributed by atoms with E-state index in [9.17, 15) is 19.8 Å². The molecule has 1 fully saturated rings. The first-order valence-corrected chi connectivity index (χ1v) is 6.25. The second kappa shape index (κ2) is 5.67. The molecule has 1 saturated heterocycles. The molecule has 1 aliphatic heterocycles. The van der Waals surface area contributed by atoms with Crippen LogP contribution in [0.25, 0.3) is 0 Å². The van der Waals surface area contributed by atoms with Gasteiger partial charge in [0, 0.05) is 13.1 Å². The molecule has 2 amide bonds. The third-order valence-corrected chi connectivity index (χ3v) is 3.67. The Morgan fingerprint density at radius 2 is 1.11 bits per heavy atom. The Morgan fingerprint density at radius 3 is 1.33 bits per heavy atom. The van der Waals surface area contributed by atoms with Crippen molar-refractivity contribution >= 4 is 11.8 Å². The molecule has 104 valence electrons. The van der Waals surface area contributed by atoms with Gasteiger partial charge < -0.3 is 20.0 Å². The summed E-state index contributed by atoms with van der Waals surface area (Å²) in [6.45, 7) is 7.37. The van der Waals surface area contributed by atoms with E-state index in [1.807, 2.05) is 0 Å². The molecule has 18 heavy (non-hydrogen) atoms. The summed E-state index contributed by atoms with van der Waals surface area (Å²) in [5, 5.41) is 19.0. The summed E-state index contributed by atoms with van der Waals surface area (Å²) in [5.74, 6) is -1.22. The Kier molecular flexibility index (Phi) is 4.70. The van der Waals surface area contributed by atoms with Gasteiger partial charge in [-0.05, 0) is 27.7 Å². The number of carbonyl (C=O) groups excluding carboxylic acids is 2. The van der Waals surface area contributed by atoms with Crippen LogP contribution in [0.1, 0.15) is 27.7 Å². The molecule has 0 radical (unpaired) electrons. The minimum Gasteiger partial charge on any atom is -0.391 e. The van der Waals surface area contributed by atoms with Crippen molar-refractivity contribution < 1.29 is 19.8 Å². The van der Waals surface area contributed by atoms with Crippen molar-refractivity contribution in [1.82, 2.24) is 9.80 Å². The van der Waals surface area contributed by atoms with E-state index >= 15 is 0 Å². The molecule has 0 saturated carbocycles. The molecule has 1 aliphatic rings. The molecule has 1 rings (SSSR count). The van der Waals surface area contributed by atoms with Crippen LogP contribution in [0.15, 0.2) is 0 Å². The highest BCUT2D eigenvalue weighted by atomic mass is 16.3. The van der Waals surface area contributed by atoms with Gasteiger partial charge in [0.2, 0.25) is 0 Å². The van der Waals surface area contributed by atoms with Crippen LogP contribution in [-0.4, -0.2) is 69.2 Å². The highest BCUT2D eigenvalue weighted by molar-refractivity contribution is 6.35. The molecule has 4 unspecified atom stereocenters. The maximum absolute atomic E-state index is 12.0. The molecule has 0 aromatic rings. The number of aliphatic hydroxyl groups is 2. The molecule has 1 heterocycles. The first kappa shape index (κ1) is 14.9. The zero-order chi connectivity index (χ0) is 14.0. The van der Waals surface area contributed by atoms with Crippen LogP contribution >= 0.6 is 0 Å². The number of rotatable bonds is 4. The molecule has 0 spiro atoms. The van der Waals surface area contributed by atoms with Gasteiger partial charge in [-0.25, -0.2) is 0 Å². The molecule has 0 aromatic heterocycles. The molecule has 0 bridgehead atoms. The number of hydrogen-bond acceptors (Lipinski definition) is 4. The smallest absolute Gasteiger partial charge is 0.312 e. The standard InChI is InChI=1S/C12H22N2O4/c1-7(9(3)15)13-5-6-14(8(2)10(4)16)12(18)11(13)17/h7-10,15-16H,5-6H2,1-4H3. The van der Waals surface area contributed by atoms with E-state index in [0.29, 0.717) is 13.1 Å². The maximum atomic E-state index is 12.0. The van der Waals surface area contributed by atoms with Crippen LogP contribution in [0.5, 0.6) is 0 Å². The van der Waals surface area contributed by atoms with Gasteiger partial charge in [0.1, 0.15) is 0 Å². The second-order valence-electron chi connectivity index (χ2n) is 4.96. The van der Waals surface area contributed by atoms with Crippen molar-refractivity contribution in [2.24, 2.45) is 0 Å². The first-order valence-electron chi connectivity index (χ1n) is 6.25. The van der Waals surface area contributed by atoms with Crippen molar-refractivity contribution in [2.45, 2.75) is 52.0 Å². The zero-order valence-corrected chi connectivity index (χ0v) is 11.3. The Morgan fingerprint density at radius 1 is 0.833 bits per heavy atom. The highest BCUT2D eigenvalue weighted by Gasteiger charge is 2.38. The van der Waals surface area contributed by atoms with Gasteiger partial charge in [-0.15, -0.1) is 0 Å². The topological polar surface area (TPSA) is 81.1 Å². The van der Waals surface area contributed by atoms with Crippen molar-refractivity contribution in [3.8, 4) is 0 Å². The second-order valence-corrected chi connectivity index (χ2v) is 4.96. The van der Waals surface area contributed by atoms with Crippen LogP contribution in [0.4, 0.5) is 0 Å². The molecular formula is C12H22N2O4. The summed E-state index contributed by atoms with van der Waals surface area (Å²) >= 11 is 0. The van der Waals surface area contributed by atoms with Crippen molar-refractivity contribution in [3.63, 3.8) is 0 Å². The number of nitrogens with zero attached hydrogens (tertiary/aromatic N) is 2. The third kappa shape index (κ3) is 2.81. The van der Waals surface area contributed by atoms with Gasteiger partial charge >= 0.3 is 11.8 Å². The van der Waals surface area contributed by atoms with Gasteiger partial charge in [-0.1, -0.05) is 0 Å². The SMILES string of the molecule is CC(O)C(C)N1CCN(C(C)C(C)O)C(=O)C1=O. The van der Waals surface area contributed by atoms with Crippen LogP contribution in [0, 0.1) is 0 Å². The average Bonchev–Trinajstić information content (AvgIpc) is 2.30. The van der Waals surface area contributed by atoms with E-state index in [2.05, 4.69) is 0 Å². The van der Waals surface area contributed by atoms with Gasteiger partial charge in [-0.2, -0.15) is 0 Å². The number of amides is 2. The Bertz CT molecular complexity index is 298. The summed E-state index contributed by atoms with van der Waals surface area (Å²) in [6, 6.07) is -0.768. The molecule has 0 aromatic carbocycles. The molecule has 6 nitrogen and oxygen atoms in total. The van der Waals surface area contributed by atoms with E-state index in [-0.39, 0.29) is 12.1 Å². The first-order chi connectivity index (χ1) is 8.27. The quantitative estimate of drug-likeness (QED) is 0.647. The Labute approximate surface area is 107 Å². The Hall–Kier alpha value is -1.14. The molecule has 2 N–H and O–H groups in total. The van der Waals surface area contributed by atoms with Gasteiger partial charge in [0.15, 0.2) is 0 Å². The lowest BCUT2D eigenvalue weighted by Gasteiger charge is -2.41. The normalized spacial score (nSPS) is 23.9. The molecule has 4 atom stereocenters. The number of piperazine rings is 1. The minimum absolute atomic E-state index is 0.383. The monoisotopic (exact) mass is 258 g/mol. The lowest BCUT2D eigenvalue weighted by Crippen LogP contribution is -2.61. The van der Waals surface area contributed by atoms with Crippen LogP contribution in [-0.2, 0) is 9.59 Å². The van der Waals surface area contributed by atoms with Crippen molar-refractivity contribution in [1.29, 1.82) is 0 Å². The molecule has 0 aliphatic carbocycles. The highest BCUT2D eigenvalue weighted by Crippen LogP contribution is 2.15. The fourth-order valence-corrected chi connectivity index (χ4v) is 1.96. The van der Waals surface area contributed by atoms with Crippen LogP contribution in [0.3, 0.4) is 0 Å². The number of aliphatic hydroxyl groups excluding tert-OH is 2. The van der Waals surface area contributed by atoms with Gasteiger partial charge in [0.05, 0.1) is 24.3 Å². The lowest BCUT2D eigenvalue weighted by atomic mass is 10.1. The average molecular weight is 258 g/mol. The van der Waals surface area contributed by atoms with Crippen LogP contribution < -0.4 is 0 Å². The van der Waals surface area contributed by atoms with E-state index in [1.54, 1.807) is 27.7 Å². The maximum Gasteiger partial charge on any atom is 0.312 e. The molecular weight excluding hydrogens is 236 g/mol. The Balaban J connectivity index is 2.78. The fraction of sp³-hybridized carbons (Fsp3) is 0.833. The van der Waals surface area contributed by atoms with Gasteiger partial charge in [-0.3, -0.25) is 9.59 Å². The van der Waals surface area contributed by atoms with E-state index in [4.69, 9.17) is 0 Å². The number of hydrogen-bond donors (Lipinski definition) is 2. The van der Waals surface area contributed by atoms with Crippen molar-refractivity contribution in [2.75, 3.05) is 13.1 Å². The summed E-state index contributed by atoms with van der Waals surface area (Å²) in [6.07, 6.45) is -1.36. The number of carbonyl (C=O) groups is 2. The lowest BCUT2D eigenvalue weighted by molar-refractivity contribution is -0.162. The zero-order valence-electron chi connectivity index (χ0n) is 11.3. The fourth-order valence-electron chi connectivity index (χ4n) is 1.96. The summed E-state index contributed by atoms with van der Waals surface area (Å²) in [7, 11) is 0.